The summed E-state index contributed by atoms with van der Waals surface area (Å²) in [7, 11) is -3.72. The van der Waals surface area contributed by atoms with E-state index < -0.39 is 15.9 Å². The van der Waals surface area contributed by atoms with Gasteiger partial charge >= 0.3 is 0 Å². The minimum absolute atomic E-state index is 0.176. The summed E-state index contributed by atoms with van der Waals surface area (Å²) < 4.78 is 36.2. The molecule has 0 bridgehead atoms. The Kier molecular flexibility index (Phi) is 7.26. The number of sulfonamides is 1. The van der Waals surface area contributed by atoms with Gasteiger partial charge in [0, 0.05) is 24.4 Å². The van der Waals surface area contributed by atoms with Crippen molar-refractivity contribution in [3.63, 3.8) is 0 Å². The lowest BCUT2D eigenvalue weighted by molar-refractivity contribution is 0.0996. The molecule has 4 rings (SSSR count). The summed E-state index contributed by atoms with van der Waals surface area (Å²) in [4.78, 5) is 18.0. The molecule has 0 aliphatic carbocycles. The van der Waals surface area contributed by atoms with Gasteiger partial charge < -0.3 is 9.30 Å². The van der Waals surface area contributed by atoms with Crippen molar-refractivity contribution in [3.8, 4) is 0 Å². The maximum Gasteiger partial charge on any atom is 0.279 e. The fourth-order valence-electron chi connectivity index (χ4n) is 3.39. The predicted octanol–water partition coefficient (Wildman–Crippen LogP) is 4.59. The predicted molar refractivity (Wildman–Crippen MR) is 135 cm³/mol. The molecule has 0 atom stereocenters. The number of hydrogen-bond acceptors (Lipinski definition) is 5. The third-order valence-corrected chi connectivity index (χ3v) is 7.62. The molecule has 1 N–H and O–H groups in total. The molecule has 0 spiro atoms. The fraction of sp³-hybridized carbons (Fsp3) is 0.200. The molecular formula is C25H25N3O4S2. The molecule has 0 aliphatic heterocycles. The quantitative estimate of drug-likeness (QED) is 0.362. The number of anilines is 1. The molecule has 1 heterocycles. The highest BCUT2D eigenvalue weighted by atomic mass is 32.2. The van der Waals surface area contributed by atoms with E-state index in [1.807, 2.05) is 42.7 Å². The Bertz CT molecular complexity index is 1470. The number of nitrogens with zero attached hydrogens (tertiary/aromatic N) is 2. The molecule has 34 heavy (non-hydrogen) atoms. The topological polar surface area (TPSA) is 89.8 Å². The first-order chi connectivity index (χ1) is 16.4. The van der Waals surface area contributed by atoms with E-state index >= 15 is 0 Å². The van der Waals surface area contributed by atoms with E-state index in [1.165, 1.54) is 11.3 Å². The van der Waals surface area contributed by atoms with Gasteiger partial charge in [0.05, 0.1) is 21.7 Å². The maximum atomic E-state index is 12.9. The first-order valence-electron chi connectivity index (χ1n) is 10.8. The van der Waals surface area contributed by atoms with Crippen molar-refractivity contribution >= 4 is 43.2 Å². The molecule has 4 aromatic rings. The van der Waals surface area contributed by atoms with Crippen LogP contribution in [0.4, 0.5) is 5.69 Å². The lowest BCUT2D eigenvalue weighted by atomic mass is 10.2. The number of carbonyl (C=O) groups is 1. The van der Waals surface area contributed by atoms with Gasteiger partial charge in [0.25, 0.3) is 15.9 Å². The molecular weight excluding hydrogens is 470 g/mol. The molecule has 0 radical (unpaired) electrons. The van der Waals surface area contributed by atoms with Crippen LogP contribution in [0.3, 0.4) is 0 Å². The molecule has 1 aromatic heterocycles. The number of aryl methyl sites for hydroxylation is 1. The van der Waals surface area contributed by atoms with Crippen LogP contribution in [0.25, 0.3) is 10.2 Å². The highest BCUT2D eigenvalue weighted by Crippen LogP contribution is 2.19. The van der Waals surface area contributed by atoms with Gasteiger partial charge in [-0.25, -0.2) is 8.42 Å². The average molecular weight is 496 g/mol. The standard InChI is InChI=1S/C25H25N3O4S2/c1-3-32-17-16-28-22-6-4-5-7-23(22)33-25(28)26-24(29)19-10-12-20(13-11-19)27-34(30,31)21-14-8-18(2)9-15-21/h4-15,27H,3,16-17H2,1-2H3. The molecule has 1 amide bonds. The second kappa shape index (κ2) is 10.3. The van der Waals surface area contributed by atoms with Crippen molar-refractivity contribution in [2.75, 3.05) is 17.9 Å². The van der Waals surface area contributed by atoms with Crippen molar-refractivity contribution < 1.29 is 17.9 Å². The van der Waals surface area contributed by atoms with Gasteiger partial charge in [-0.3, -0.25) is 9.52 Å². The van der Waals surface area contributed by atoms with E-state index in [0.717, 1.165) is 15.8 Å². The Morgan fingerprint density at radius 3 is 2.44 bits per heavy atom. The Balaban J connectivity index is 1.57. The molecule has 9 heteroatoms. The monoisotopic (exact) mass is 495 g/mol. The van der Waals surface area contributed by atoms with Gasteiger partial charge in [-0.15, -0.1) is 0 Å². The van der Waals surface area contributed by atoms with E-state index in [0.29, 0.717) is 35.8 Å². The van der Waals surface area contributed by atoms with Crippen LogP contribution >= 0.6 is 11.3 Å². The largest absolute Gasteiger partial charge is 0.380 e. The van der Waals surface area contributed by atoms with Crippen LogP contribution in [-0.4, -0.2) is 32.1 Å². The molecule has 176 valence electrons. The summed E-state index contributed by atoms with van der Waals surface area (Å²) in [5.74, 6) is -0.398. The van der Waals surface area contributed by atoms with Gasteiger partial charge in [-0.2, -0.15) is 4.99 Å². The number of hydrogen-bond donors (Lipinski definition) is 1. The number of benzene rings is 3. The SMILES string of the molecule is CCOCCn1c(=NC(=O)c2ccc(NS(=O)(=O)c3ccc(C)cc3)cc2)sc2ccccc21. The van der Waals surface area contributed by atoms with Crippen molar-refractivity contribution in [2.45, 2.75) is 25.3 Å². The number of para-hydroxylation sites is 1. The zero-order valence-corrected chi connectivity index (χ0v) is 20.5. The number of aromatic nitrogens is 1. The number of amides is 1. The molecule has 0 aliphatic rings. The van der Waals surface area contributed by atoms with Crippen LogP contribution in [0, 0.1) is 6.92 Å². The maximum absolute atomic E-state index is 12.9. The molecule has 0 fully saturated rings. The first kappa shape index (κ1) is 23.9. The Labute approximate surface area is 202 Å². The molecule has 7 nitrogen and oxygen atoms in total. The van der Waals surface area contributed by atoms with Crippen molar-refractivity contribution in [1.82, 2.24) is 4.57 Å². The summed E-state index contributed by atoms with van der Waals surface area (Å²) in [6.45, 7) is 5.56. The van der Waals surface area contributed by atoms with E-state index in [9.17, 15) is 13.2 Å². The minimum Gasteiger partial charge on any atom is -0.380 e. The summed E-state index contributed by atoms with van der Waals surface area (Å²) >= 11 is 1.44. The summed E-state index contributed by atoms with van der Waals surface area (Å²) in [6.07, 6.45) is 0. The van der Waals surface area contributed by atoms with Crippen molar-refractivity contribution in [3.05, 3.63) is 88.7 Å². The summed E-state index contributed by atoms with van der Waals surface area (Å²) in [5, 5.41) is 0. The van der Waals surface area contributed by atoms with Crippen LogP contribution in [0.1, 0.15) is 22.8 Å². The first-order valence-corrected chi connectivity index (χ1v) is 13.1. The van der Waals surface area contributed by atoms with Gasteiger partial charge in [-0.05, 0) is 62.4 Å². The van der Waals surface area contributed by atoms with E-state index in [4.69, 9.17) is 4.74 Å². The summed E-state index contributed by atoms with van der Waals surface area (Å²) in [5.41, 5.74) is 2.71. The second-order valence-corrected chi connectivity index (χ2v) is 10.3. The minimum atomic E-state index is -3.72. The van der Waals surface area contributed by atoms with E-state index in [-0.39, 0.29) is 4.90 Å². The van der Waals surface area contributed by atoms with Crippen molar-refractivity contribution in [1.29, 1.82) is 0 Å². The molecule has 0 saturated carbocycles. The highest BCUT2D eigenvalue weighted by Gasteiger charge is 2.14. The zero-order valence-electron chi connectivity index (χ0n) is 18.9. The Morgan fingerprint density at radius 1 is 1.03 bits per heavy atom. The highest BCUT2D eigenvalue weighted by molar-refractivity contribution is 7.92. The fourth-order valence-corrected chi connectivity index (χ4v) is 5.50. The molecule has 0 unspecified atom stereocenters. The van der Waals surface area contributed by atoms with Gasteiger partial charge in [0.1, 0.15) is 0 Å². The Morgan fingerprint density at radius 2 is 1.74 bits per heavy atom. The number of ether oxygens (including phenoxy) is 1. The van der Waals surface area contributed by atoms with Crippen LogP contribution in [-0.2, 0) is 21.3 Å². The number of nitrogens with one attached hydrogen (secondary N) is 1. The van der Waals surface area contributed by atoms with Gasteiger partial charge in [0.15, 0.2) is 4.80 Å². The average Bonchev–Trinajstić information content (AvgIpc) is 3.16. The van der Waals surface area contributed by atoms with Crippen LogP contribution in [0.5, 0.6) is 0 Å². The van der Waals surface area contributed by atoms with Crippen LogP contribution in [0.2, 0.25) is 0 Å². The van der Waals surface area contributed by atoms with E-state index in [1.54, 1.807) is 48.5 Å². The smallest absolute Gasteiger partial charge is 0.279 e. The third-order valence-electron chi connectivity index (χ3n) is 5.16. The van der Waals surface area contributed by atoms with E-state index in [2.05, 4.69) is 9.71 Å². The number of thiazole rings is 1. The van der Waals surface area contributed by atoms with Crippen LogP contribution in [0.15, 0.2) is 82.7 Å². The third kappa shape index (κ3) is 5.44. The number of fused-ring (bicyclic) bond motifs is 1. The normalized spacial score (nSPS) is 12.2. The Hall–Kier alpha value is -3.27. The number of rotatable bonds is 8. The lowest BCUT2D eigenvalue weighted by Crippen LogP contribution is -2.19. The lowest BCUT2D eigenvalue weighted by Gasteiger charge is -2.08. The van der Waals surface area contributed by atoms with Gasteiger partial charge in [0.2, 0.25) is 0 Å². The number of carbonyl (C=O) groups excluding carboxylic acids is 1. The zero-order chi connectivity index (χ0) is 24.1. The summed E-state index contributed by atoms with van der Waals surface area (Å²) in [6, 6.07) is 20.7. The van der Waals surface area contributed by atoms with Gasteiger partial charge in [-0.1, -0.05) is 41.2 Å². The van der Waals surface area contributed by atoms with Crippen LogP contribution < -0.4 is 9.52 Å². The van der Waals surface area contributed by atoms with Crippen molar-refractivity contribution in [2.24, 2.45) is 4.99 Å². The molecule has 3 aromatic carbocycles. The molecule has 0 saturated heterocycles. The second-order valence-electron chi connectivity index (χ2n) is 7.61.